The average molecular weight is 484 g/mol. The van der Waals surface area contributed by atoms with Gasteiger partial charge in [0, 0.05) is 18.2 Å². The molecule has 1 aromatic heterocycles. The van der Waals surface area contributed by atoms with Crippen molar-refractivity contribution in [3.05, 3.63) is 77.1 Å². The molecule has 35 heavy (non-hydrogen) atoms. The van der Waals surface area contributed by atoms with Crippen LogP contribution in [0.5, 0.6) is 0 Å². The molecule has 188 valence electrons. The molecule has 6 nitrogen and oxygen atoms in total. The number of nitrogens with zero attached hydrogens (tertiary/aromatic N) is 4. The summed E-state index contributed by atoms with van der Waals surface area (Å²) in [5, 5.41) is 26.4. The SMILES string of the molecule is CC(C)(C)c1cccc(C2(NCC(O)C(Cc3cc(F)cc(F)c3)n3cnnn3)CCCCC2)c1. The number of rotatable bonds is 8. The Morgan fingerprint density at radius 3 is 2.40 bits per heavy atom. The minimum Gasteiger partial charge on any atom is -0.390 e. The molecular weight excluding hydrogens is 448 g/mol. The van der Waals surface area contributed by atoms with E-state index >= 15 is 0 Å². The van der Waals surface area contributed by atoms with E-state index in [1.165, 1.54) is 40.7 Å². The molecule has 2 aromatic carbocycles. The first kappa shape index (κ1) is 25.4. The van der Waals surface area contributed by atoms with E-state index in [1.54, 1.807) is 0 Å². The van der Waals surface area contributed by atoms with E-state index in [0.717, 1.165) is 31.7 Å². The summed E-state index contributed by atoms with van der Waals surface area (Å²) in [6.45, 7) is 6.93. The van der Waals surface area contributed by atoms with E-state index in [9.17, 15) is 13.9 Å². The van der Waals surface area contributed by atoms with Gasteiger partial charge in [-0.3, -0.25) is 0 Å². The largest absolute Gasteiger partial charge is 0.390 e. The standard InChI is InChI=1S/C27H35F2N5O/c1-26(2,3)20-8-7-9-21(15-20)27(10-5-4-6-11-27)30-17-25(35)24(34-18-31-32-33-34)14-19-12-22(28)16-23(29)13-19/h7-9,12-13,15-16,18,24-25,30,35H,4-6,10-11,14,17H2,1-3H3. The van der Waals surface area contributed by atoms with Gasteiger partial charge >= 0.3 is 0 Å². The fourth-order valence-electron chi connectivity index (χ4n) is 5.14. The Bertz CT molecular complexity index is 1090. The Hall–Kier alpha value is -2.71. The van der Waals surface area contributed by atoms with Crippen LogP contribution in [-0.4, -0.2) is 38.0 Å². The molecule has 0 aliphatic heterocycles. The van der Waals surface area contributed by atoms with Crippen LogP contribution in [0.25, 0.3) is 0 Å². The Balaban J connectivity index is 1.57. The summed E-state index contributed by atoms with van der Waals surface area (Å²) in [6.07, 6.45) is 6.12. The molecule has 2 unspecified atom stereocenters. The zero-order valence-electron chi connectivity index (χ0n) is 20.7. The van der Waals surface area contributed by atoms with Gasteiger partial charge in [-0.1, -0.05) is 64.3 Å². The van der Waals surface area contributed by atoms with Gasteiger partial charge in [-0.05, 0) is 63.9 Å². The minimum absolute atomic E-state index is 0.0385. The molecule has 0 amide bonds. The second-order valence-corrected chi connectivity index (χ2v) is 10.8. The second-order valence-electron chi connectivity index (χ2n) is 10.8. The lowest BCUT2D eigenvalue weighted by atomic mass is 9.74. The first-order chi connectivity index (χ1) is 16.7. The maximum absolute atomic E-state index is 13.8. The first-order valence-corrected chi connectivity index (χ1v) is 12.4. The monoisotopic (exact) mass is 483 g/mol. The number of halogens is 2. The van der Waals surface area contributed by atoms with Crippen LogP contribution in [0, 0.1) is 11.6 Å². The molecule has 0 radical (unpaired) electrons. The molecule has 1 fully saturated rings. The molecule has 0 spiro atoms. The van der Waals surface area contributed by atoms with Gasteiger partial charge in [0.25, 0.3) is 0 Å². The van der Waals surface area contributed by atoms with Crippen LogP contribution >= 0.6 is 0 Å². The zero-order chi connectivity index (χ0) is 25.1. The van der Waals surface area contributed by atoms with Gasteiger partial charge in [0.2, 0.25) is 0 Å². The van der Waals surface area contributed by atoms with Crippen LogP contribution in [0.4, 0.5) is 8.78 Å². The molecule has 1 aliphatic carbocycles. The van der Waals surface area contributed by atoms with Crippen molar-refractivity contribution >= 4 is 0 Å². The van der Waals surface area contributed by atoms with Crippen LogP contribution < -0.4 is 5.32 Å². The number of aliphatic hydroxyl groups is 1. The van der Waals surface area contributed by atoms with Crippen molar-refractivity contribution in [2.45, 2.75) is 82.4 Å². The van der Waals surface area contributed by atoms with Crippen molar-refractivity contribution in [3.63, 3.8) is 0 Å². The highest BCUT2D eigenvalue weighted by Crippen LogP contribution is 2.39. The Morgan fingerprint density at radius 2 is 1.77 bits per heavy atom. The van der Waals surface area contributed by atoms with Gasteiger partial charge in [-0.25, -0.2) is 13.5 Å². The van der Waals surface area contributed by atoms with Crippen molar-refractivity contribution < 1.29 is 13.9 Å². The van der Waals surface area contributed by atoms with Crippen molar-refractivity contribution in [1.82, 2.24) is 25.5 Å². The number of aliphatic hydroxyl groups excluding tert-OH is 1. The molecule has 0 saturated heterocycles. The lowest BCUT2D eigenvalue weighted by molar-refractivity contribution is 0.0853. The van der Waals surface area contributed by atoms with Gasteiger partial charge < -0.3 is 10.4 Å². The lowest BCUT2D eigenvalue weighted by Gasteiger charge is -2.41. The third-order valence-electron chi connectivity index (χ3n) is 7.15. The number of hydrogen-bond donors (Lipinski definition) is 2. The fourth-order valence-corrected chi connectivity index (χ4v) is 5.14. The van der Waals surface area contributed by atoms with Crippen LogP contribution in [0.15, 0.2) is 48.8 Å². The molecule has 0 bridgehead atoms. The van der Waals surface area contributed by atoms with Crippen LogP contribution in [0.3, 0.4) is 0 Å². The van der Waals surface area contributed by atoms with Crippen LogP contribution in [0.1, 0.15) is 75.6 Å². The zero-order valence-corrected chi connectivity index (χ0v) is 20.7. The fraction of sp³-hybridized carbons (Fsp3) is 0.519. The van der Waals surface area contributed by atoms with Crippen molar-refractivity contribution in [3.8, 4) is 0 Å². The van der Waals surface area contributed by atoms with Gasteiger partial charge in [0.05, 0.1) is 12.1 Å². The molecular formula is C27H35F2N5O. The lowest BCUT2D eigenvalue weighted by Crippen LogP contribution is -2.48. The van der Waals surface area contributed by atoms with E-state index in [4.69, 9.17) is 0 Å². The molecule has 2 N–H and O–H groups in total. The van der Waals surface area contributed by atoms with E-state index in [0.29, 0.717) is 12.1 Å². The highest BCUT2D eigenvalue weighted by Gasteiger charge is 2.35. The van der Waals surface area contributed by atoms with Crippen molar-refractivity contribution in [1.29, 1.82) is 0 Å². The maximum atomic E-state index is 13.8. The first-order valence-electron chi connectivity index (χ1n) is 12.4. The number of hydrogen-bond acceptors (Lipinski definition) is 5. The Kier molecular flexibility index (Phi) is 7.62. The van der Waals surface area contributed by atoms with E-state index in [2.05, 4.69) is 65.9 Å². The van der Waals surface area contributed by atoms with E-state index in [-0.39, 0.29) is 17.4 Å². The molecule has 4 rings (SSSR count). The van der Waals surface area contributed by atoms with Crippen LogP contribution in [0.2, 0.25) is 0 Å². The smallest absolute Gasteiger partial charge is 0.138 e. The van der Waals surface area contributed by atoms with Crippen molar-refractivity contribution in [2.75, 3.05) is 6.54 Å². The molecule has 3 aromatic rings. The summed E-state index contributed by atoms with van der Waals surface area (Å²) in [6, 6.07) is 11.6. The molecule has 8 heteroatoms. The predicted octanol–water partition coefficient (Wildman–Crippen LogP) is 4.84. The molecule has 1 aliphatic rings. The minimum atomic E-state index is -0.880. The number of tetrazole rings is 1. The maximum Gasteiger partial charge on any atom is 0.138 e. The normalized spacial score (nSPS) is 17.8. The Morgan fingerprint density at radius 1 is 1.06 bits per heavy atom. The number of benzene rings is 2. The third kappa shape index (κ3) is 6.11. The number of nitrogens with one attached hydrogen (secondary N) is 1. The summed E-state index contributed by atoms with van der Waals surface area (Å²) in [4.78, 5) is 0. The second kappa shape index (κ2) is 10.5. The average Bonchev–Trinajstić information content (AvgIpc) is 3.35. The summed E-state index contributed by atoms with van der Waals surface area (Å²) in [5.74, 6) is -1.30. The third-order valence-corrected chi connectivity index (χ3v) is 7.15. The number of aromatic nitrogens is 4. The van der Waals surface area contributed by atoms with Gasteiger partial charge in [-0.2, -0.15) is 0 Å². The van der Waals surface area contributed by atoms with Gasteiger partial charge in [0.15, 0.2) is 0 Å². The summed E-state index contributed by atoms with van der Waals surface area (Å²) < 4.78 is 29.1. The highest BCUT2D eigenvalue weighted by molar-refractivity contribution is 5.34. The van der Waals surface area contributed by atoms with Gasteiger partial charge in [0.1, 0.15) is 18.0 Å². The predicted molar refractivity (Wildman–Crippen MR) is 131 cm³/mol. The highest BCUT2D eigenvalue weighted by atomic mass is 19.1. The van der Waals surface area contributed by atoms with Crippen molar-refractivity contribution in [2.24, 2.45) is 0 Å². The molecule has 1 saturated carbocycles. The summed E-state index contributed by atoms with van der Waals surface area (Å²) in [7, 11) is 0. The summed E-state index contributed by atoms with van der Waals surface area (Å²) in [5.41, 5.74) is 2.75. The molecule has 2 atom stereocenters. The van der Waals surface area contributed by atoms with Gasteiger partial charge in [-0.15, -0.1) is 5.10 Å². The van der Waals surface area contributed by atoms with E-state index in [1.807, 2.05) is 0 Å². The van der Waals surface area contributed by atoms with E-state index < -0.39 is 23.8 Å². The topological polar surface area (TPSA) is 75.9 Å². The molecule has 1 heterocycles. The Labute approximate surface area is 205 Å². The van der Waals surface area contributed by atoms with Crippen LogP contribution in [-0.2, 0) is 17.4 Å². The quantitative estimate of drug-likeness (QED) is 0.479. The summed E-state index contributed by atoms with van der Waals surface area (Å²) >= 11 is 0.